The van der Waals surface area contributed by atoms with Crippen LogP contribution in [0.2, 0.25) is 0 Å². The zero-order valence-corrected chi connectivity index (χ0v) is 9.36. The molecule has 84 valence electrons. The first-order chi connectivity index (χ1) is 8.19. The van der Waals surface area contributed by atoms with E-state index in [-0.39, 0.29) is 16.0 Å². The number of hydrogen-bond donors (Lipinski definition) is 2. The summed E-state index contributed by atoms with van der Waals surface area (Å²) >= 11 is 1.01. The molecule has 17 heavy (non-hydrogen) atoms. The Kier molecular flexibility index (Phi) is 2.98. The highest BCUT2D eigenvalue weighted by Gasteiger charge is 2.11. The van der Waals surface area contributed by atoms with E-state index in [9.17, 15) is 4.79 Å². The van der Waals surface area contributed by atoms with Crippen molar-refractivity contribution >= 4 is 28.1 Å². The predicted octanol–water partition coefficient (Wildman–Crippen LogP) is 1.24. The number of amides is 1. The molecule has 3 N–H and O–H groups in total. The van der Waals surface area contributed by atoms with Crippen molar-refractivity contribution in [2.24, 2.45) is 0 Å². The molecular weight excluding hydrogens is 238 g/mol. The van der Waals surface area contributed by atoms with E-state index in [0.29, 0.717) is 11.3 Å². The molecule has 6 nitrogen and oxygen atoms in total. The van der Waals surface area contributed by atoms with Crippen molar-refractivity contribution in [2.75, 3.05) is 11.1 Å². The lowest BCUT2D eigenvalue weighted by Crippen LogP contribution is -2.11. The minimum atomic E-state index is -0.371. The van der Waals surface area contributed by atoms with Gasteiger partial charge in [-0.1, -0.05) is 11.3 Å². The fourth-order valence-electron chi connectivity index (χ4n) is 1.14. The van der Waals surface area contributed by atoms with Crippen molar-refractivity contribution < 1.29 is 4.79 Å². The van der Waals surface area contributed by atoms with Gasteiger partial charge in [0.15, 0.2) is 0 Å². The maximum atomic E-state index is 11.7. The number of benzene rings is 1. The van der Waals surface area contributed by atoms with Crippen molar-refractivity contribution in [3.8, 4) is 6.07 Å². The predicted molar refractivity (Wildman–Crippen MR) is 63.4 cm³/mol. The normalized spacial score (nSPS) is 9.59. The van der Waals surface area contributed by atoms with Crippen molar-refractivity contribution in [2.45, 2.75) is 0 Å². The molecule has 0 atom stereocenters. The molecule has 0 saturated carbocycles. The van der Waals surface area contributed by atoms with Crippen LogP contribution >= 0.6 is 11.3 Å². The molecule has 0 spiro atoms. The maximum Gasteiger partial charge on any atom is 0.286 e. The fraction of sp³-hybridized carbons (Fsp3) is 0. The van der Waals surface area contributed by atoms with Crippen molar-refractivity contribution in [3.05, 3.63) is 34.8 Å². The highest BCUT2D eigenvalue weighted by atomic mass is 32.1. The summed E-state index contributed by atoms with van der Waals surface area (Å²) in [6.07, 6.45) is 0. The molecule has 2 rings (SSSR count). The van der Waals surface area contributed by atoms with Crippen LogP contribution in [0.3, 0.4) is 0 Å². The van der Waals surface area contributed by atoms with Crippen LogP contribution in [-0.4, -0.2) is 16.1 Å². The van der Waals surface area contributed by atoms with Crippen LogP contribution in [0.4, 0.5) is 10.8 Å². The number of hydrogen-bond acceptors (Lipinski definition) is 6. The second kappa shape index (κ2) is 4.59. The summed E-state index contributed by atoms with van der Waals surface area (Å²) in [6, 6.07) is 8.50. The Hall–Kier alpha value is -2.46. The van der Waals surface area contributed by atoms with Crippen LogP contribution < -0.4 is 11.1 Å². The molecule has 0 aliphatic carbocycles. The zero-order valence-electron chi connectivity index (χ0n) is 8.54. The maximum absolute atomic E-state index is 11.7. The molecular formula is C10H7N5OS. The summed E-state index contributed by atoms with van der Waals surface area (Å²) < 4.78 is 0. The number of nitrogens with two attached hydrogens (primary N) is 1. The van der Waals surface area contributed by atoms with Crippen LogP contribution in [0.1, 0.15) is 15.4 Å². The van der Waals surface area contributed by atoms with Gasteiger partial charge in [0.05, 0.1) is 11.6 Å². The summed E-state index contributed by atoms with van der Waals surface area (Å²) in [6.45, 7) is 0. The number of nitrogen functional groups attached to an aromatic ring is 1. The molecule has 0 bridgehead atoms. The van der Waals surface area contributed by atoms with Gasteiger partial charge in [-0.05, 0) is 24.3 Å². The number of carbonyl (C=O) groups excluding carboxylic acids is 1. The van der Waals surface area contributed by atoms with E-state index in [1.165, 1.54) is 0 Å². The largest absolute Gasteiger partial charge is 0.374 e. The van der Waals surface area contributed by atoms with Crippen molar-refractivity contribution in [1.82, 2.24) is 10.2 Å². The van der Waals surface area contributed by atoms with E-state index in [2.05, 4.69) is 15.5 Å². The number of aromatic nitrogens is 2. The molecule has 0 unspecified atom stereocenters. The van der Waals surface area contributed by atoms with Crippen LogP contribution in [0.25, 0.3) is 0 Å². The Labute approximate surface area is 101 Å². The van der Waals surface area contributed by atoms with E-state index in [0.717, 1.165) is 11.3 Å². The lowest BCUT2D eigenvalue weighted by molar-refractivity contribution is 0.102. The quantitative estimate of drug-likeness (QED) is 0.828. The summed E-state index contributed by atoms with van der Waals surface area (Å²) in [7, 11) is 0. The second-order valence-electron chi connectivity index (χ2n) is 3.09. The van der Waals surface area contributed by atoms with E-state index < -0.39 is 0 Å². The van der Waals surface area contributed by atoms with E-state index in [4.69, 9.17) is 11.0 Å². The zero-order chi connectivity index (χ0) is 12.3. The number of carbonyl (C=O) groups is 1. The van der Waals surface area contributed by atoms with Gasteiger partial charge in [0.2, 0.25) is 10.1 Å². The van der Waals surface area contributed by atoms with Crippen LogP contribution in [0.15, 0.2) is 24.3 Å². The van der Waals surface area contributed by atoms with Crippen molar-refractivity contribution in [3.63, 3.8) is 0 Å². The number of nitrogens with zero attached hydrogens (tertiary/aromatic N) is 3. The van der Waals surface area contributed by atoms with Crippen LogP contribution in [0.5, 0.6) is 0 Å². The molecule has 1 heterocycles. The van der Waals surface area contributed by atoms with Gasteiger partial charge in [-0.3, -0.25) is 4.79 Å². The van der Waals surface area contributed by atoms with E-state index >= 15 is 0 Å². The number of rotatable bonds is 2. The van der Waals surface area contributed by atoms with Gasteiger partial charge < -0.3 is 11.1 Å². The van der Waals surface area contributed by atoms with Crippen LogP contribution in [-0.2, 0) is 0 Å². The highest BCUT2D eigenvalue weighted by molar-refractivity contribution is 7.16. The number of nitriles is 1. The molecule has 0 radical (unpaired) electrons. The molecule has 0 saturated heterocycles. The summed E-state index contributed by atoms with van der Waals surface area (Å²) in [5.41, 5.74) is 6.49. The molecule has 0 aliphatic rings. The minimum Gasteiger partial charge on any atom is -0.374 e. The lowest BCUT2D eigenvalue weighted by atomic mass is 10.2. The summed E-state index contributed by atoms with van der Waals surface area (Å²) in [5, 5.41) is 18.9. The summed E-state index contributed by atoms with van der Waals surface area (Å²) in [4.78, 5) is 11.7. The van der Waals surface area contributed by atoms with Crippen LogP contribution in [0, 0.1) is 11.3 Å². The number of anilines is 2. The third-order valence-corrected chi connectivity index (χ3v) is 2.66. The first kappa shape index (κ1) is 11.0. The number of nitrogens with one attached hydrogen (secondary N) is 1. The molecule has 0 aliphatic heterocycles. The SMILES string of the molecule is N#Cc1ccc(NC(=O)c2nnc(N)s2)cc1. The van der Waals surface area contributed by atoms with Gasteiger partial charge in [-0.15, -0.1) is 10.2 Å². The third-order valence-electron chi connectivity index (χ3n) is 1.91. The lowest BCUT2D eigenvalue weighted by Gasteiger charge is -2.01. The molecule has 1 amide bonds. The standard InChI is InChI=1S/C10H7N5OS/c11-5-6-1-3-7(4-2-6)13-8(16)9-14-15-10(12)17-9/h1-4H,(H2,12,15)(H,13,16). The smallest absolute Gasteiger partial charge is 0.286 e. The highest BCUT2D eigenvalue weighted by Crippen LogP contribution is 2.14. The Bertz CT molecular complexity index is 583. The van der Waals surface area contributed by atoms with Gasteiger partial charge in [0.1, 0.15) is 0 Å². The van der Waals surface area contributed by atoms with E-state index in [1.807, 2.05) is 6.07 Å². The first-order valence-corrected chi connectivity index (χ1v) is 5.41. The topological polar surface area (TPSA) is 105 Å². The van der Waals surface area contributed by atoms with Gasteiger partial charge in [0, 0.05) is 5.69 Å². The Morgan fingerprint density at radius 2 is 2.06 bits per heavy atom. The summed E-state index contributed by atoms with van der Waals surface area (Å²) in [5.74, 6) is -0.371. The third kappa shape index (κ3) is 2.56. The second-order valence-corrected chi connectivity index (χ2v) is 4.10. The Balaban J connectivity index is 2.11. The fourth-order valence-corrected chi connectivity index (χ4v) is 1.64. The van der Waals surface area contributed by atoms with Crippen molar-refractivity contribution in [1.29, 1.82) is 5.26 Å². The van der Waals surface area contributed by atoms with Gasteiger partial charge in [0.25, 0.3) is 5.91 Å². The molecule has 0 fully saturated rings. The van der Waals surface area contributed by atoms with Gasteiger partial charge in [-0.25, -0.2) is 0 Å². The van der Waals surface area contributed by atoms with E-state index in [1.54, 1.807) is 24.3 Å². The molecule has 7 heteroatoms. The molecule has 2 aromatic rings. The Morgan fingerprint density at radius 3 is 2.59 bits per heavy atom. The molecule has 1 aromatic carbocycles. The van der Waals surface area contributed by atoms with Gasteiger partial charge >= 0.3 is 0 Å². The average molecular weight is 245 g/mol. The van der Waals surface area contributed by atoms with Gasteiger partial charge in [-0.2, -0.15) is 5.26 Å². The monoisotopic (exact) mass is 245 g/mol. The first-order valence-electron chi connectivity index (χ1n) is 4.59. The molecule has 1 aromatic heterocycles. The Morgan fingerprint density at radius 1 is 1.35 bits per heavy atom. The average Bonchev–Trinajstić information content (AvgIpc) is 2.77. The minimum absolute atomic E-state index is 0.201.